The minimum Gasteiger partial charge on any atom is -0.490 e. The van der Waals surface area contributed by atoms with Gasteiger partial charge in [0.2, 0.25) is 0 Å². The number of nitro groups is 1. The second-order valence-corrected chi connectivity index (χ2v) is 8.96. The highest BCUT2D eigenvalue weighted by atomic mass is 32.1. The van der Waals surface area contributed by atoms with Crippen LogP contribution in [0.1, 0.15) is 12.0 Å². The van der Waals surface area contributed by atoms with Crippen molar-refractivity contribution in [1.29, 1.82) is 0 Å². The smallest absolute Gasteiger partial charge is 0.416 e. The van der Waals surface area contributed by atoms with Gasteiger partial charge in [0, 0.05) is 19.2 Å². The van der Waals surface area contributed by atoms with Gasteiger partial charge in [0.15, 0.2) is 5.13 Å². The van der Waals surface area contributed by atoms with Gasteiger partial charge >= 0.3 is 6.18 Å². The van der Waals surface area contributed by atoms with Crippen LogP contribution >= 0.6 is 11.3 Å². The molecule has 0 bridgehead atoms. The number of ether oxygens (including phenoxy) is 1. The first-order valence-corrected chi connectivity index (χ1v) is 10.9. The lowest BCUT2D eigenvalue weighted by atomic mass is 9.89. The van der Waals surface area contributed by atoms with Crippen molar-refractivity contribution >= 4 is 32.2 Å². The number of halogens is 4. The van der Waals surface area contributed by atoms with Gasteiger partial charge in [-0.25, -0.2) is 4.39 Å². The Balaban J connectivity index is 1.59. The fraction of sp³-hybridized carbons (Fsp3) is 0.333. The van der Waals surface area contributed by atoms with Crippen molar-refractivity contribution in [2.75, 3.05) is 24.6 Å². The van der Waals surface area contributed by atoms with Gasteiger partial charge in [-0.05, 0) is 36.8 Å². The van der Waals surface area contributed by atoms with Crippen LogP contribution in [0, 0.1) is 15.9 Å². The summed E-state index contributed by atoms with van der Waals surface area (Å²) in [7, 11) is 0. The summed E-state index contributed by atoms with van der Waals surface area (Å²) < 4.78 is 57.6. The summed E-state index contributed by atoms with van der Waals surface area (Å²) >= 11 is 0.642. The molecule has 0 spiro atoms. The Morgan fingerprint density at radius 1 is 1.29 bits per heavy atom. The Morgan fingerprint density at radius 2 is 1.97 bits per heavy atom. The van der Waals surface area contributed by atoms with E-state index in [1.54, 1.807) is 0 Å². The maximum Gasteiger partial charge on any atom is 0.416 e. The molecule has 4 rings (SSSR count). The molecule has 0 radical (unpaired) electrons. The number of hydrogen-bond donors (Lipinski definition) is 2. The Morgan fingerprint density at radius 3 is 2.57 bits per heavy atom. The molecule has 1 saturated heterocycles. The molecule has 0 aliphatic carbocycles. The van der Waals surface area contributed by atoms with Crippen LogP contribution in [0.2, 0.25) is 0 Å². The quantitative estimate of drug-likeness (QED) is 0.302. The second kappa shape index (κ2) is 9.02. The predicted octanol–water partition coefficient (Wildman–Crippen LogP) is 3.10. The van der Waals surface area contributed by atoms with Crippen LogP contribution in [-0.2, 0) is 6.18 Å². The minimum atomic E-state index is -4.90. The molecule has 2 aromatic carbocycles. The Labute approximate surface area is 198 Å². The summed E-state index contributed by atoms with van der Waals surface area (Å²) in [5.74, 6) is -0.199. The van der Waals surface area contributed by atoms with Crippen molar-refractivity contribution in [3.05, 3.63) is 68.2 Å². The second-order valence-electron chi connectivity index (χ2n) is 7.99. The number of aliphatic hydroxyl groups excluding tert-OH is 1. The first kappa shape index (κ1) is 24.8. The number of hydrogen-bond acceptors (Lipinski definition) is 9. The first-order chi connectivity index (χ1) is 16.4. The summed E-state index contributed by atoms with van der Waals surface area (Å²) in [5.41, 5.74) is -5.00. The van der Waals surface area contributed by atoms with Gasteiger partial charge in [-0.1, -0.05) is 11.3 Å². The number of β-amino-alcohol motifs (C(OH)–C–C–N with tert-alkyl or cyclic N) is 1. The molecule has 1 aromatic heterocycles. The van der Waals surface area contributed by atoms with Gasteiger partial charge in [0.25, 0.3) is 11.2 Å². The number of aliphatic hydroxyl groups is 2. The van der Waals surface area contributed by atoms with Crippen molar-refractivity contribution < 1.29 is 37.4 Å². The van der Waals surface area contributed by atoms with E-state index < -0.39 is 50.8 Å². The van der Waals surface area contributed by atoms with Gasteiger partial charge in [-0.3, -0.25) is 14.9 Å². The van der Waals surface area contributed by atoms with Crippen LogP contribution in [0.25, 0.3) is 10.1 Å². The molecular weight excluding hydrogens is 498 g/mol. The molecule has 2 N–H and O–H groups in total. The van der Waals surface area contributed by atoms with E-state index in [1.807, 2.05) is 0 Å². The molecule has 1 aliphatic heterocycles. The van der Waals surface area contributed by atoms with Crippen LogP contribution in [0.15, 0.2) is 41.2 Å². The number of alkyl halides is 3. The molecule has 186 valence electrons. The average molecular weight is 515 g/mol. The van der Waals surface area contributed by atoms with E-state index in [9.17, 15) is 42.7 Å². The summed E-state index contributed by atoms with van der Waals surface area (Å²) in [6, 6.07) is 5.93. The maximum absolute atomic E-state index is 13.1. The molecule has 0 amide bonds. The maximum atomic E-state index is 13.1. The van der Waals surface area contributed by atoms with E-state index in [0.29, 0.717) is 23.5 Å². The lowest BCUT2D eigenvalue weighted by Gasteiger charge is -2.41. The average Bonchev–Trinajstić information content (AvgIpc) is 2.79. The summed E-state index contributed by atoms with van der Waals surface area (Å²) in [6.45, 7) is -0.490. The van der Waals surface area contributed by atoms with E-state index in [-0.39, 0.29) is 41.7 Å². The van der Waals surface area contributed by atoms with Gasteiger partial charge in [0.05, 0.1) is 15.9 Å². The third kappa shape index (κ3) is 5.04. The zero-order chi connectivity index (χ0) is 25.5. The number of aromatic nitrogens is 1. The third-order valence-electron chi connectivity index (χ3n) is 5.62. The van der Waals surface area contributed by atoms with Crippen molar-refractivity contribution in [1.82, 2.24) is 4.98 Å². The monoisotopic (exact) mass is 515 g/mol. The topological polar surface area (TPSA) is 126 Å². The molecule has 3 aromatic rings. The predicted molar refractivity (Wildman–Crippen MR) is 117 cm³/mol. The Hall–Kier alpha value is -3.36. The van der Waals surface area contributed by atoms with Crippen molar-refractivity contribution in [2.45, 2.75) is 24.3 Å². The fourth-order valence-corrected chi connectivity index (χ4v) is 4.72. The fourth-order valence-electron chi connectivity index (χ4n) is 3.62. The molecular formula is C21H17F4N3O6S. The number of nitro benzene ring substituents is 1. The number of non-ortho nitro benzene ring substituents is 1. The number of nitrogens with zero attached hydrogens (tertiary/aromatic N) is 3. The van der Waals surface area contributed by atoms with Crippen molar-refractivity contribution in [2.24, 2.45) is 0 Å². The molecule has 0 unspecified atom stereocenters. The van der Waals surface area contributed by atoms with Gasteiger partial charge < -0.3 is 19.8 Å². The Bertz CT molecular complexity index is 1330. The number of fused-ring (bicyclic) bond motifs is 1. The number of anilines is 1. The normalized spacial score (nSPS) is 20.7. The summed E-state index contributed by atoms with van der Waals surface area (Å²) in [6.07, 6.45) is -6.34. The van der Waals surface area contributed by atoms with E-state index in [4.69, 9.17) is 4.74 Å². The van der Waals surface area contributed by atoms with Gasteiger partial charge in [-0.15, -0.1) is 0 Å². The molecule has 9 nitrogen and oxygen atoms in total. The van der Waals surface area contributed by atoms with E-state index in [0.717, 1.165) is 0 Å². The molecule has 1 aliphatic rings. The molecule has 2 atom stereocenters. The van der Waals surface area contributed by atoms with Crippen molar-refractivity contribution in [3.8, 4) is 5.75 Å². The van der Waals surface area contributed by atoms with Crippen LogP contribution in [-0.4, -0.2) is 51.5 Å². The van der Waals surface area contributed by atoms with Gasteiger partial charge in [-0.2, -0.15) is 18.2 Å². The van der Waals surface area contributed by atoms with Gasteiger partial charge in [0.1, 0.15) is 34.6 Å². The summed E-state index contributed by atoms with van der Waals surface area (Å²) in [5, 5.41) is 32.2. The van der Waals surface area contributed by atoms with Crippen LogP contribution in [0.3, 0.4) is 0 Å². The highest BCUT2D eigenvalue weighted by molar-refractivity contribution is 7.22. The first-order valence-electron chi connectivity index (χ1n) is 10.1. The molecule has 0 saturated carbocycles. The van der Waals surface area contributed by atoms with E-state index >= 15 is 0 Å². The zero-order valence-corrected chi connectivity index (χ0v) is 18.5. The van der Waals surface area contributed by atoms with Crippen LogP contribution in [0.5, 0.6) is 5.75 Å². The van der Waals surface area contributed by atoms with Crippen molar-refractivity contribution in [3.63, 3.8) is 0 Å². The van der Waals surface area contributed by atoms with E-state index in [2.05, 4.69) is 4.98 Å². The number of benzene rings is 2. The number of rotatable bonds is 5. The highest BCUT2D eigenvalue weighted by Gasteiger charge is 2.42. The Kier molecular flexibility index (Phi) is 6.38. The standard InChI is InChI=1S/C21H17F4N3O6S/c22-12-1-3-13(4-2-12)34-10-20(31)5-6-27(9-16(20)29)19-26-18(30)14-7-11(21(23,24)25)8-15(28(32)33)17(14)35-19/h1-4,7-8,16,29,31H,5-6,9-10H2/t16-,20-/m1/s1. The largest absolute Gasteiger partial charge is 0.490 e. The zero-order valence-electron chi connectivity index (χ0n) is 17.7. The molecule has 14 heteroatoms. The van der Waals surface area contributed by atoms with Crippen LogP contribution < -0.4 is 15.2 Å². The number of piperidine rings is 1. The lowest BCUT2D eigenvalue weighted by molar-refractivity contribution is -0.383. The highest BCUT2D eigenvalue weighted by Crippen LogP contribution is 2.39. The SMILES string of the molecule is O=c1nc(N2CC[C@@](O)(COc3ccc(F)cc3)[C@H](O)C2)sc2c([N+](=O)[O-])cc(C(F)(F)F)cc12. The summed E-state index contributed by atoms with van der Waals surface area (Å²) in [4.78, 5) is 28.1. The van der Waals surface area contributed by atoms with E-state index in [1.165, 1.54) is 29.2 Å². The molecule has 1 fully saturated rings. The minimum absolute atomic E-state index is 0.0501. The molecule has 2 heterocycles. The van der Waals surface area contributed by atoms with Crippen LogP contribution in [0.4, 0.5) is 28.4 Å². The third-order valence-corrected chi connectivity index (χ3v) is 6.78. The molecule has 35 heavy (non-hydrogen) atoms. The lowest BCUT2D eigenvalue weighted by Crippen LogP contribution is -2.58.